The summed E-state index contributed by atoms with van der Waals surface area (Å²) in [5, 5.41) is 13.5. The number of alkyl carbamates (subject to hydrolysis) is 1. The minimum absolute atomic E-state index is 0.130. The average Bonchev–Trinajstić information content (AvgIpc) is 2.60. The number of carbonyl (C=O) groups excluding carboxylic acids is 1. The highest BCUT2D eigenvalue weighted by atomic mass is 16.6. The molecule has 25 heavy (non-hydrogen) atoms. The van der Waals surface area contributed by atoms with Crippen LogP contribution in [-0.2, 0) is 11.3 Å². The number of anilines is 1. The molecule has 0 radical (unpaired) electrons. The van der Waals surface area contributed by atoms with Crippen LogP contribution in [0.25, 0.3) is 6.08 Å². The second-order valence-electron chi connectivity index (χ2n) is 5.37. The molecule has 0 atom stereocenters. The molecule has 0 fully saturated rings. The monoisotopic (exact) mass is 341 g/mol. The van der Waals surface area contributed by atoms with E-state index in [0.717, 1.165) is 5.56 Å². The lowest BCUT2D eigenvalue weighted by Crippen LogP contribution is -2.24. The Morgan fingerprint density at radius 1 is 1.32 bits per heavy atom. The zero-order valence-electron chi connectivity index (χ0n) is 13.8. The number of ether oxygens (including phenoxy) is 1. The summed E-state index contributed by atoms with van der Waals surface area (Å²) in [5.41, 5.74) is 7.88. The third-order valence-corrected chi connectivity index (χ3v) is 3.47. The zero-order valence-corrected chi connectivity index (χ0v) is 13.8. The number of nitro benzene ring substituents is 1. The van der Waals surface area contributed by atoms with E-state index in [0.29, 0.717) is 11.1 Å². The maximum Gasteiger partial charge on any atom is 0.407 e. The molecule has 0 bridgehead atoms. The summed E-state index contributed by atoms with van der Waals surface area (Å²) in [7, 11) is 0. The van der Waals surface area contributed by atoms with Crippen LogP contribution in [0.5, 0.6) is 0 Å². The first-order valence-corrected chi connectivity index (χ1v) is 7.63. The van der Waals surface area contributed by atoms with Gasteiger partial charge in [-0.15, -0.1) is 0 Å². The average molecular weight is 341 g/mol. The molecule has 0 heterocycles. The molecule has 1 amide bonds. The Hall–Kier alpha value is -3.35. The summed E-state index contributed by atoms with van der Waals surface area (Å²) in [6.07, 6.45) is 2.82. The Balaban J connectivity index is 1.85. The second-order valence-corrected chi connectivity index (χ2v) is 5.37. The summed E-state index contributed by atoms with van der Waals surface area (Å²) in [6, 6.07) is 12.5. The largest absolute Gasteiger partial charge is 0.445 e. The summed E-state index contributed by atoms with van der Waals surface area (Å²) in [6.45, 7) is 2.14. The van der Waals surface area contributed by atoms with Crippen LogP contribution in [-0.4, -0.2) is 17.6 Å². The van der Waals surface area contributed by atoms with Crippen molar-refractivity contribution < 1.29 is 14.5 Å². The highest BCUT2D eigenvalue weighted by Gasteiger charge is 2.13. The van der Waals surface area contributed by atoms with Crippen LogP contribution in [0.1, 0.15) is 16.7 Å². The number of nitrogens with two attached hydrogens (primary N) is 1. The van der Waals surface area contributed by atoms with Gasteiger partial charge in [0.15, 0.2) is 0 Å². The van der Waals surface area contributed by atoms with Crippen LogP contribution in [0.2, 0.25) is 0 Å². The first kappa shape index (κ1) is 18.0. The predicted molar refractivity (Wildman–Crippen MR) is 95.9 cm³/mol. The van der Waals surface area contributed by atoms with E-state index in [1.807, 2.05) is 30.3 Å². The number of nitrogen functional groups attached to an aromatic ring is 1. The third-order valence-electron chi connectivity index (χ3n) is 3.47. The number of benzene rings is 2. The Morgan fingerprint density at radius 3 is 2.72 bits per heavy atom. The fourth-order valence-electron chi connectivity index (χ4n) is 2.17. The molecule has 0 aromatic heterocycles. The standard InChI is InChI=1S/C18H19N3O4/c1-13-10-15(11-16(17(13)19)21(23)24)8-5-9-20-18(22)25-12-14-6-3-2-4-7-14/h2-8,10-11H,9,12,19H2,1H3,(H,20,22). The fourth-order valence-corrected chi connectivity index (χ4v) is 2.17. The summed E-state index contributed by atoms with van der Waals surface area (Å²) in [4.78, 5) is 22.0. The minimum atomic E-state index is -0.534. The lowest BCUT2D eigenvalue weighted by molar-refractivity contribution is -0.383. The van der Waals surface area contributed by atoms with E-state index in [1.165, 1.54) is 6.07 Å². The van der Waals surface area contributed by atoms with Crippen LogP contribution in [0, 0.1) is 17.0 Å². The molecule has 0 aliphatic heterocycles. The van der Waals surface area contributed by atoms with Gasteiger partial charge in [-0.1, -0.05) is 42.5 Å². The van der Waals surface area contributed by atoms with Crippen molar-refractivity contribution in [3.63, 3.8) is 0 Å². The molecule has 2 rings (SSSR count). The van der Waals surface area contributed by atoms with E-state index in [9.17, 15) is 14.9 Å². The number of carbonyl (C=O) groups is 1. The first-order valence-electron chi connectivity index (χ1n) is 7.63. The molecule has 0 saturated heterocycles. The third kappa shape index (κ3) is 5.35. The number of hydrogen-bond acceptors (Lipinski definition) is 5. The second kappa shape index (κ2) is 8.49. The molecule has 2 aromatic rings. The van der Waals surface area contributed by atoms with E-state index < -0.39 is 11.0 Å². The van der Waals surface area contributed by atoms with Crippen molar-refractivity contribution in [2.45, 2.75) is 13.5 Å². The fraction of sp³-hybridized carbons (Fsp3) is 0.167. The number of hydrogen-bond donors (Lipinski definition) is 2. The number of nitrogens with zero attached hydrogens (tertiary/aromatic N) is 1. The molecule has 0 aliphatic carbocycles. The highest BCUT2D eigenvalue weighted by molar-refractivity contribution is 5.69. The first-order chi connectivity index (χ1) is 12.0. The number of rotatable bonds is 6. The van der Waals surface area contributed by atoms with Crippen LogP contribution in [0.3, 0.4) is 0 Å². The van der Waals surface area contributed by atoms with Gasteiger partial charge in [0.2, 0.25) is 0 Å². The molecule has 7 heteroatoms. The van der Waals surface area contributed by atoms with Gasteiger partial charge >= 0.3 is 6.09 Å². The Labute approximate surface area is 145 Å². The van der Waals surface area contributed by atoms with Crippen LogP contribution in [0.4, 0.5) is 16.2 Å². The van der Waals surface area contributed by atoms with Gasteiger partial charge in [0, 0.05) is 12.6 Å². The van der Waals surface area contributed by atoms with E-state index in [2.05, 4.69) is 5.32 Å². The molecule has 0 saturated carbocycles. The van der Waals surface area contributed by atoms with Gasteiger partial charge in [-0.2, -0.15) is 0 Å². The van der Waals surface area contributed by atoms with Crippen molar-refractivity contribution in [3.05, 3.63) is 75.3 Å². The number of nitro groups is 1. The van der Waals surface area contributed by atoms with Crippen LogP contribution in [0.15, 0.2) is 48.5 Å². The van der Waals surface area contributed by atoms with Gasteiger partial charge in [0.1, 0.15) is 12.3 Å². The predicted octanol–water partition coefficient (Wildman–Crippen LogP) is 3.43. The number of nitrogens with one attached hydrogen (secondary N) is 1. The lowest BCUT2D eigenvalue weighted by atomic mass is 10.1. The van der Waals surface area contributed by atoms with Gasteiger partial charge in [0.25, 0.3) is 5.69 Å². The van der Waals surface area contributed by atoms with E-state index in [1.54, 1.807) is 25.1 Å². The van der Waals surface area contributed by atoms with Crippen LogP contribution >= 0.6 is 0 Å². The maximum absolute atomic E-state index is 11.6. The molecular weight excluding hydrogens is 322 g/mol. The van der Waals surface area contributed by atoms with Crippen molar-refractivity contribution in [1.82, 2.24) is 5.32 Å². The molecule has 0 aliphatic rings. The molecule has 0 unspecified atom stereocenters. The highest BCUT2D eigenvalue weighted by Crippen LogP contribution is 2.27. The SMILES string of the molecule is Cc1cc(C=CCNC(=O)OCc2ccccc2)cc([N+](=O)[O-])c1N. The van der Waals surface area contributed by atoms with Gasteiger partial charge in [-0.05, 0) is 29.7 Å². The number of amides is 1. The van der Waals surface area contributed by atoms with Crippen molar-refractivity contribution in [2.24, 2.45) is 0 Å². The zero-order chi connectivity index (χ0) is 18.2. The molecule has 130 valence electrons. The Bertz CT molecular complexity index is 788. The quantitative estimate of drug-likeness (QED) is 0.475. The van der Waals surface area contributed by atoms with E-state index in [4.69, 9.17) is 10.5 Å². The van der Waals surface area contributed by atoms with E-state index in [-0.39, 0.29) is 24.5 Å². The van der Waals surface area contributed by atoms with Crippen molar-refractivity contribution >= 4 is 23.5 Å². The van der Waals surface area contributed by atoms with E-state index >= 15 is 0 Å². The summed E-state index contributed by atoms with van der Waals surface area (Å²) < 4.78 is 5.08. The molecule has 0 spiro atoms. The van der Waals surface area contributed by atoms with Gasteiger partial charge < -0.3 is 15.8 Å². The Morgan fingerprint density at radius 2 is 2.04 bits per heavy atom. The normalized spacial score (nSPS) is 10.6. The lowest BCUT2D eigenvalue weighted by Gasteiger charge is -2.05. The number of aryl methyl sites for hydroxylation is 1. The van der Waals surface area contributed by atoms with Gasteiger partial charge in [0.05, 0.1) is 4.92 Å². The van der Waals surface area contributed by atoms with Crippen molar-refractivity contribution in [2.75, 3.05) is 12.3 Å². The topological polar surface area (TPSA) is 107 Å². The van der Waals surface area contributed by atoms with Gasteiger partial charge in [-0.25, -0.2) is 4.79 Å². The van der Waals surface area contributed by atoms with Crippen molar-refractivity contribution in [3.8, 4) is 0 Å². The molecular formula is C18H19N3O4. The maximum atomic E-state index is 11.6. The summed E-state index contributed by atoms with van der Waals surface area (Å²) >= 11 is 0. The Kier molecular flexibility index (Phi) is 6.11. The smallest absolute Gasteiger partial charge is 0.407 e. The van der Waals surface area contributed by atoms with Crippen LogP contribution < -0.4 is 11.1 Å². The summed E-state index contributed by atoms with van der Waals surface area (Å²) in [5.74, 6) is 0. The molecule has 3 N–H and O–H groups in total. The van der Waals surface area contributed by atoms with Gasteiger partial charge in [-0.3, -0.25) is 10.1 Å². The molecule has 7 nitrogen and oxygen atoms in total. The molecule has 2 aromatic carbocycles. The van der Waals surface area contributed by atoms with Crippen molar-refractivity contribution in [1.29, 1.82) is 0 Å². The minimum Gasteiger partial charge on any atom is -0.445 e.